The van der Waals surface area contributed by atoms with Crippen LogP contribution in [0.5, 0.6) is 5.75 Å². The number of carboxylic acids is 1. The zero-order valence-corrected chi connectivity index (χ0v) is 11.4. The second kappa shape index (κ2) is 8.23. The molecule has 0 fully saturated rings. The molecule has 0 aromatic heterocycles. The minimum Gasteiger partial charge on any atom is -0.480 e. The van der Waals surface area contributed by atoms with Crippen LogP contribution in [-0.2, 0) is 20.7 Å². The van der Waals surface area contributed by atoms with Gasteiger partial charge in [-0.05, 0) is 17.7 Å². The molecule has 0 aliphatic rings. The van der Waals surface area contributed by atoms with Gasteiger partial charge in [0.05, 0.1) is 13.0 Å². The topological polar surface area (TPSA) is 84.9 Å². The van der Waals surface area contributed by atoms with Crippen LogP contribution < -0.4 is 10.1 Å². The molecule has 0 saturated heterocycles. The number of halogens is 3. The first kappa shape index (κ1) is 17.8. The van der Waals surface area contributed by atoms with E-state index in [9.17, 15) is 22.8 Å². The normalized spacial score (nSPS) is 11.0. The third-order valence-electron chi connectivity index (χ3n) is 2.29. The summed E-state index contributed by atoms with van der Waals surface area (Å²) in [5.41, 5.74) is 0.353. The summed E-state index contributed by atoms with van der Waals surface area (Å²) in [5, 5.41) is 10.8. The monoisotopic (exact) mass is 321 g/mol. The van der Waals surface area contributed by atoms with Gasteiger partial charge in [-0.15, -0.1) is 13.2 Å². The number of aliphatic carboxylic acids is 1. The molecule has 0 spiro atoms. The Kier molecular flexibility index (Phi) is 6.64. The molecular weight excluding hydrogens is 307 g/mol. The SMILES string of the molecule is O=C(O)COCCNC(=O)Cc1cccc(OC(F)(F)F)c1. The number of carboxylic acid groups (broad SMARTS) is 1. The highest BCUT2D eigenvalue weighted by Crippen LogP contribution is 2.23. The van der Waals surface area contributed by atoms with Gasteiger partial charge in [0.25, 0.3) is 0 Å². The van der Waals surface area contributed by atoms with Crippen LogP contribution in [-0.4, -0.2) is 43.1 Å². The van der Waals surface area contributed by atoms with E-state index in [1.807, 2.05) is 0 Å². The molecule has 1 amide bonds. The maximum atomic E-state index is 12.1. The van der Waals surface area contributed by atoms with Crippen LogP contribution in [0, 0.1) is 0 Å². The van der Waals surface area contributed by atoms with Crippen LogP contribution in [0.25, 0.3) is 0 Å². The number of hydrogen-bond donors (Lipinski definition) is 2. The minimum atomic E-state index is -4.79. The largest absolute Gasteiger partial charge is 0.573 e. The Bertz CT molecular complexity index is 519. The molecule has 1 aromatic carbocycles. The highest BCUT2D eigenvalue weighted by atomic mass is 19.4. The van der Waals surface area contributed by atoms with Gasteiger partial charge in [0.1, 0.15) is 12.4 Å². The third kappa shape index (κ3) is 8.10. The molecule has 0 radical (unpaired) electrons. The van der Waals surface area contributed by atoms with Crippen molar-refractivity contribution in [1.29, 1.82) is 0 Å². The van der Waals surface area contributed by atoms with Crippen molar-refractivity contribution < 1.29 is 37.3 Å². The van der Waals surface area contributed by atoms with Crippen molar-refractivity contribution in [1.82, 2.24) is 5.32 Å². The lowest BCUT2D eigenvalue weighted by Crippen LogP contribution is -2.29. The molecule has 0 aliphatic carbocycles. The Hall–Kier alpha value is -2.29. The lowest BCUT2D eigenvalue weighted by molar-refractivity contribution is -0.274. The number of carbonyl (C=O) groups excluding carboxylic acids is 1. The van der Waals surface area contributed by atoms with Crippen molar-refractivity contribution >= 4 is 11.9 Å². The van der Waals surface area contributed by atoms with Gasteiger partial charge < -0.3 is 19.9 Å². The summed E-state index contributed by atoms with van der Waals surface area (Å²) in [6.07, 6.45) is -4.92. The quantitative estimate of drug-likeness (QED) is 0.706. The summed E-state index contributed by atoms with van der Waals surface area (Å²) in [6.45, 7) is -0.340. The number of benzene rings is 1. The van der Waals surface area contributed by atoms with Crippen molar-refractivity contribution in [3.8, 4) is 5.75 Å². The van der Waals surface area contributed by atoms with E-state index >= 15 is 0 Å². The third-order valence-corrected chi connectivity index (χ3v) is 2.29. The predicted molar refractivity (Wildman–Crippen MR) is 68.3 cm³/mol. The molecule has 2 N–H and O–H groups in total. The van der Waals surface area contributed by atoms with Gasteiger partial charge in [0, 0.05) is 6.54 Å². The maximum Gasteiger partial charge on any atom is 0.573 e. The van der Waals surface area contributed by atoms with Gasteiger partial charge in [0.15, 0.2) is 0 Å². The summed E-state index contributed by atoms with van der Waals surface area (Å²) in [4.78, 5) is 21.7. The molecule has 9 heteroatoms. The second-order valence-electron chi connectivity index (χ2n) is 4.17. The van der Waals surface area contributed by atoms with E-state index in [-0.39, 0.29) is 19.6 Å². The van der Waals surface area contributed by atoms with Crippen molar-refractivity contribution in [3.05, 3.63) is 29.8 Å². The summed E-state index contributed by atoms with van der Waals surface area (Å²) in [6, 6.07) is 5.09. The number of carbonyl (C=O) groups is 2. The smallest absolute Gasteiger partial charge is 0.480 e. The van der Waals surface area contributed by atoms with E-state index in [0.717, 1.165) is 12.1 Å². The van der Waals surface area contributed by atoms with Gasteiger partial charge >= 0.3 is 12.3 Å². The van der Waals surface area contributed by atoms with E-state index in [0.29, 0.717) is 5.56 Å². The van der Waals surface area contributed by atoms with Crippen LogP contribution in [0.2, 0.25) is 0 Å². The van der Waals surface area contributed by atoms with Crippen LogP contribution in [0.3, 0.4) is 0 Å². The number of amides is 1. The Morgan fingerprint density at radius 1 is 1.27 bits per heavy atom. The van der Waals surface area contributed by atoms with Crippen LogP contribution in [0.15, 0.2) is 24.3 Å². The van der Waals surface area contributed by atoms with Gasteiger partial charge in [0.2, 0.25) is 5.91 Å². The predicted octanol–water partition coefficient (Wildman–Crippen LogP) is 1.35. The first-order chi connectivity index (χ1) is 10.3. The molecular formula is C13H14F3NO5. The fraction of sp³-hybridized carbons (Fsp3) is 0.385. The molecule has 0 bridgehead atoms. The standard InChI is InChI=1S/C13H14F3NO5/c14-13(15,16)22-10-3-1-2-9(6-10)7-11(18)17-4-5-21-8-12(19)20/h1-3,6H,4-5,7-8H2,(H,17,18)(H,19,20). The van der Waals surface area contributed by atoms with Gasteiger partial charge in [-0.3, -0.25) is 4.79 Å². The van der Waals surface area contributed by atoms with Crippen LogP contribution >= 0.6 is 0 Å². The van der Waals surface area contributed by atoms with E-state index in [1.165, 1.54) is 12.1 Å². The van der Waals surface area contributed by atoms with Gasteiger partial charge in [-0.1, -0.05) is 12.1 Å². The number of hydrogen-bond acceptors (Lipinski definition) is 4. The lowest BCUT2D eigenvalue weighted by atomic mass is 10.1. The number of ether oxygens (including phenoxy) is 2. The molecule has 0 atom stereocenters. The number of alkyl halides is 3. The minimum absolute atomic E-state index is 0.0231. The van der Waals surface area contributed by atoms with Crippen LogP contribution in [0.1, 0.15) is 5.56 Å². The summed E-state index contributed by atoms with van der Waals surface area (Å²) in [7, 11) is 0. The van der Waals surface area contributed by atoms with E-state index in [1.54, 1.807) is 0 Å². The molecule has 1 aromatic rings. The summed E-state index contributed by atoms with van der Waals surface area (Å²) < 4.78 is 44.7. The molecule has 6 nitrogen and oxygen atoms in total. The average molecular weight is 321 g/mol. The molecule has 122 valence electrons. The van der Waals surface area contributed by atoms with Crippen molar-refractivity contribution in [3.63, 3.8) is 0 Å². The zero-order valence-electron chi connectivity index (χ0n) is 11.4. The van der Waals surface area contributed by atoms with E-state index < -0.39 is 30.6 Å². The highest BCUT2D eigenvalue weighted by molar-refractivity contribution is 5.78. The summed E-state index contributed by atoms with van der Waals surface area (Å²) in [5.74, 6) is -1.95. The van der Waals surface area contributed by atoms with Crippen molar-refractivity contribution in [2.45, 2.75) is 12.8 Å². The van der Waals surface area contributed by atoms with Crippen LogP contribution in [0.4, 0.5) is 13.2 Å². The molecule has 0 saturated carbocycles. The Labute approximate surface area is 123 Å². The fourth-order valence-corrected chi connectivity index (χ4v) is 1.52. The molecule has 22 heavy (non-hydrogen) atoms. The summed E-state index contributed by atoms with van der Waals surface area (Å²) >= 11 is 0. The Balaban J connectivity index is 2.38. The Morgan fingerprint density at radius 3 is 2.64 bits per heavy atom. The fourth-order valence-electron chi connectivity index (χ4n) is 1.52. The van der Waals surface area contributed by atoms with E-state index in [2.05, 4.69) is 10.1 Å². The lowest BCUT2D eigenvalue weighted by Gasteiger charge is -2.10. The second-order valence-corrected chi connectivity index (χ2v) is 4.17. The molecule has 0 unspecified atom stereocenters. The molecule has 0 heterocycles. The van der Waals surface area contributed by atoms with Gasteiger partial charge in [-0.25, -0.2) is 4.79 Å². The van der Waals surface area contributed by atoms with Crippen molar-refractivity contribution in [2.75, 3.05) is 19.8 Å². The molecule has 0 aliphatic heterocycles. The first-order valence-corrected chi connectivity index (χ1v) is 6.17. The first-order valence-electron chi connectivity index (χ1n) is 6.17. The zero-order chi connectivity index (χ0) is 16.6. The maximum absolute atomic E-state index is 12.1. The number of nitrogens with one attached hydrogen (secondary N) is 1. The van der Waals surface area contributed by atoms with Crippen molar-refractivity contribution in [2.24, 2.45) is 0 Å². The number of rotatable bonds is 8. The molecule has 1 rings (SSSR count). The average Bonchev–Trinajstić information content (AvgIpc) is 2.36. The van der Waals surface area contributed by atoms with Gasteiger partial charge in [-0.2, -0.15) is 0 Å². The Morgan fingerprint density at radius 2 is 2.00 bits per heavy atom. The van der Waals surface area contributed by atoms with E-state index in [4.69, 9.17) is 9.84 Å². The highest BCUT2D eigenvalue weighted by Gasteiger charge is 2.31.